The molecule has 5 rings (SSSR count). The number of hydrogen-bond acceptors (Lipinski definition) is 6. The second kappa shape index (κ2) is 11.7. The average molecular weight is 631 g/mol. The third-order valence-corrected chi connectivity index (χ3v) is 7.26. The highest BCUT2D eigenvalue weighted by Gasteiger charge is 2.24. The molecule has 0 aliphatic carbocycles. The van der Waals surface area contributed by atoms with Crippen molar-refractivity contribution in [2.45, 2.75) is 18.9 Å². The van der Waals surface area contributed by atoms with Crippen LogP contribution in [0.5, 0.6) is 11.5 Å². The van der Waals surface area contributed by atoms with Gasteiger partial charge in [-0.25, -0.2) is 4.98 Å². The lowest BCUT2D eigenvalue weighted by Gasteiger charge is -2.23. The van der Waals surface area contributed by atoms with Crippen molar-refractivity contribution in [2.75, 3.05) is 29.4 Å². The first kappa shape index (κ1) is 25.7. The number of ether oxygens (including phenoxy) is 1. The van der Waals surface area contributed by atoms with Gasteiger partial charge in [-0.15, -0.1) is 0 Å². The molecule has 2 aromatic heterocycles. The van der Waals surface area contributed by atoms with E-state index in [1.165, 1.54) is 6.42 Å². The van der Waals surface area contributed by atoms with Gasteiger partial charge < -0.3 is 19.9 Å². The monoisotopic (exact) mass is 630 g/mol. The summed E-state index contributed by atoms with van der Waals surface area (Å²) in [5.74, 6) is 1.69. The fourth-order valence-corrected chi connectivity index (χ4v) is 5.33. The van der Waals surface area contributed by atoms with Gasteiger partial charge >= 0.3 is 0 Å². The summed E-state index contributed by atoms with van der Waals surface area (Å²) in [6.45, 7) is 2.79. The van der Waals surface area contributed by atoms with Crippen molar-refractivity contribution in [1.82, 2.24) is 24.8 Å². The van der Waals surface area contributed by atoms with E-state index in [1.54, 1.807) is 18.3 Å². The molecule has 192 valence electrons. The Morgan fingerprint density at radius 2 is 1.97 bits per heavy atom. The van der Waals surface area contributed by atoms with Gasteiger partial charge in [-0.3, -0.25) is 14.7 Å². The zero-order valence-corrected chi connectivity index (χ0v) is 23.4. The molecule has 4 aromatic rings. The molecule has 1 aliphatic rings. The Morgan fingerprint density at radius 3 is 2.78 bits per heavy atom. The van der Waals surface area contributed by atoms with Crippen LogP contribution in [0.2, 0.25) is 5.02 Å². The molecule has 8 nitrogen and oxygen atoms in total. The number of hydrogen-bond donors (Lipinski definition) is 2. The minimum absolute atomic E-state index is 0.190. The molecule has 37 heavy (non-hydrogen) atoms. The van der Waals surface area contributed by atoms with Crippen molar-refractivity contribution in [3.63, 3.8) is 0 Å². The van der Waals surface area contributed by atoms with Crippen molar-refractivity contribution in [1.29, 1.82) is 0 Å². The Kier molecular flexibility index (Phi) is 8.11. The van der Waals surface area contributed by atoms with Crippen LogP contribution in [-0.2, 0) is 7.05 Å². The highest BCUT2D eigenvalue weighted by atomic mass is 127. The molecule has 0 saturated carbocycles. The largest absolute Gasteiger partial charge is 0.457 e. The van der Waals surface area contributed by atoms with Crippen molar-refractivity contribution in [3.8, 4) is 11.5 Å². The minimum Gasteiger partial charge on any atom is -0.457 e. The maximum Gasteiger partial charge on any atom is 0.270 e. The quantitative estimate of drug-likeness (QED) is 0.180. The summed E-state index contributed by atoms with van der Waals surface area (Å²) in [6, 6.07) is 17.0. The van der Waals surface area contributed by atoms with Gasteiger partial charge in [0, 0.05) is 59.6 Å². The number of fused-ring (bicyclic) bond motifs is 1. The molecule has 1 fully saturated rings. The normalized spacial score (nSPS) is 15.7. The molecule has 1 unspecified atom stereocenters. The number of pyridine rings is 1. The molecule has 10 heteroatoms. The van der Waals surface area contributed by atoms with Gasteiger partial charge in [0.1, 0.15) is 17.2 Å². The first-order chi connectivity index (χ1) is 18.0. The van der Waals surface area contributed by atoms with Gasteiger partial charge in [0.25, 0.3) is 5.91 Å². The average Bonchev–Trinajstić information content (AvgIpc) is 3.47. The topological polar surface area (TPSA) is 84.3 Å². The predicted octanol–water partition coefficient (Wildman–Crippen LogP) is 5.79. The van der Waals surface area contributed by atoms with E-state index in [9.17, 15) is 4.79 Å². The Labute approximate surface area is 234 Å². The summed E-state index contributed by atoms with van der Waals surface area (Å²) in [7, 11) is 1.95. The summed E-state index contributed by atoms with van der Waals surface area (Å²) in [4.78, 5) is 24.2. The molecule has 0 radical (unpaired) electrons. The lowest BCUT2D eigenvalue weighted by Crippen LogP contribution is -2.41. The zero-order valence-electron chi connectivity index (χ0n) is 20.5. The van der Waals surface area contributed by atoms with Crippen LogP contribution in [0.15, 0.2) is 60.8 Å². The van der Waals surface area contributed by atoms with Gasteiger partial charge in [0.05, 0.1) is 11.0 Å². The molecule has 1 atom stereocenters. The number of nitrogens with one attached hydrogen (secondary N) is 2. The Hall–Kier alpha value is -2.89. The molecule has 0 spiro atoms. The summed E-state index contributed by atoms with van der Waals surface area (Å²) in [6.07, 6.45) is 3.88. The van der Waals surface area contributed by atoms with E-state index in [1.807, 2.05) is 54.1 Å². The second-order valence-corrected chi connectivity index (χ2v) is 10.5. The van der Waals surface area contributed by atoms with Crippen molar-refractivity contribution >= 4 is 62.8 Å². The molecular weight excluding hydrogens is 603 g/mol. The van der Waals surface area contributed by atoms with E-state index in [-0.39, 0.29) is 5.91 Å². The first-order valence-corrected chi connectivity index (χ1v) is 14.1. The molecule has 1 aliphatic heterocycles. The molecule has 2 aromatic carbocycles. The number of anilines is 2. The number of halogens is 2. The number of nitrogens with zero attached hydrogens (tertiary/aromatic N) is 4. The number of carbonyl (C=O) groups excluding carboxylic acids is 1. The fourth-order valence-electron chi connectivity index (χ4n) is 4.58. The molecular formula is C27H28ClIN6O2. The number of aryl methyl sites for hydroxylation is 1. The Morgan fingerprint density at radius 1 is 1.16 bits per heavy atom. The van der Waals surface area contributed by atoms with Crippen LogP contribution in [0, 0.1) is 0 Å². The van der Waals surface area contributed by atoms with E-state index < -0.39 is 0 Å². The van der Waals surface area contributed by atoms with E-state index in [0.29, 0.717) is 40.8 Å². The van der Waals surface area contributed by atoms with E-state index in [0.717, 1.165) is 40.7 Å². The number of alkyl halides is 1. The number of benzene rings is 2. The molecule has 3 heterocycles. The van der Waals surface area contributed by atoms with Crippen LogP contribution in [0.4, 0.5) is 11.6 Å². The lowest BCUT2D eigenvalue weighted by atomic mass is 10.2. The fraction of sp³-hybridized carbons (Fsp3) is 0.296. The molecule has 2 N–H and O–H groups in total. The minimum atomic E-state index is -0.190. The molecule has 0 bridgehead atoms. The smallest absolute Gasteiger partial charge is 0.270 e. The van der Waals surface area contributed by atoms with Gasteiger partial charge in [-0.2, -0.15) is 0 Å². The third kappa shape index (κ3) is 6.16. The summed E-state index contributed by atoms with van der Waals surface area (Å²) < 4.78 is 9.14. The SMILES string of the molecule is Cn1c(Nc2ccc(Cl)cc2)nc2cc(Oc3ccnc(C(=O)NCC4CCCN4CCI)c3)ccc21. The Bertz CT molecular complexity index is 1390. The van der Waals surface area contributed by atoms with Crippen molar-refractivity contribution in [2.24, 2.45) is 7.05 Å². The number of imidazole rings is 1. The van der Waals surface area contributed by atoms with Crippen LogP contribution in [0.3, 0.4) is 0 Å². The summed E-state index contributed by atoms with van der Waals surface area (Å²) in [5.41, 5.74) is 2.98. The van der Waals surface area contributed by atoms with E-state index >= 15 is 0 Å². The molecule has 1 saturated heterocycles. The Balaban J connectivity index is 1.25. The number of aromatic nitrogens is 3. The standard InChI is InChI=1S/C27H28ClIN6O2/c1-34-25-9-8-21(15-23(25)33-27(34)32-19-6-4-18(28)5-7-19)37-22-10-12-30-24(16-22)26(36)31-17-20-3-2-13-35(20)14-11-29/h4-10,12,15-16,20H,2-3,11,13-14,17H2,1H3,(H,31,36)(H,32,33). The van der Waals surface area contributed by atoms with Crippen LogP contribution in [0.25, 0.3) is 11.0 Å². The van der Waals surface area contributed by atoms with Gasteiger partial charge in [-0.1, -0.05) is 34.2 Å². The van der Waals surface area contributed by atoms with Gasteiger partial charge in [0.2, 0.25) is 5.95 Å². The van der Waals surface area contributed by atoms with Crippen LogP contribution >= 0.6 is 34.2 Å². The number of likely N-dealkylation sites (tertiary alicyclic amines) is 1. The molecule has 1 amide bonds. The maximum atomic E-state index is 12.8. The van der Waals surface area contributed by atoms with Gasteiger partial charge in [-0.05, 0) is 61.9 Å². The highest BCUT2D eigenvalue weighted by Crippen LogP contribution is 2.28. The van der Waals surface area contributed by atoms with Crippen LogP contribution in [0.1, 0.15) is 23.3 Å². The second-order valence-electron chi connectivity index (χ2n) is 8.99. The van der Waals surface area contributed by atoms with Gasteiger partial charge in [0.15, 0.2) is 0 Å². The highest BCUT2D eigenvalue weighted by molar-refractivity contribution is 14.1. The summed E-state index contributed by atoms with van der Waals surface area (Å²) in [5, 5.41) is 7.05. The van der Waals surface area contributed by atoms with Crippen molar-refractivity contribution in [3.05, 3.63) is 71.5 Å². The third-order valence-electron chi connectivity index (χ3n) is 6.52. The predicted molar refractivity (Wildman–Crippen MR) is 156 cm³/mol. The zero-order chi connectivity index (χ0) is 25.8. The number of rotatable bonds is 9. The number of amides is 1. The lowest BCUT2D eigenvalue weighted by molar-refractivity contribution is 0.0936. The van der Waals surface area contributed by atoms with Crippen LogP contribution < -0.4 is 15.4 Å². The van der Waals surface area contributed by atoms with Crippen LogP contribution in [-0.4, -0.2) is 55.4 Å². The van der Waals surface area contributed by atoms with Crippen molar-refractivity contribution < 1.29 is 9.53 Å². The van der Waals surface area contributed by atoms with E-state index in [4.69, 9.17) is 21.3 Å². The first-order valence-electron chi connectivity index (χ1n) is 12.2. The maximum absolute atomic E-state index is 12.8. The number of carbonyl (C=O) groups is 1. The summed E-state index contributed by atoms with van der Waals surface area (Å²) >= 11 is 8.39. The van der Waals surface area contributed by atoms with E-state index in [2.05, 4.69) is 43.1 Å².